The van der Waals surface area contributed by atoms with Gasteiger partial charge in [0, 0.05) is 12.6 Å². The molecule has 1 aliphatic rings. The van der Waals surface area contributed by atoms with Gasteiger partial charge in [0.2, 0.25) is 0 Å². The minimum Gasteiger partial charge on any atom is -0.369 e. The van der Waals surface area contributed by atoms with Gasteiger partial charge in [-0.1, -0.05) is 23.2 Å². The van der Waals surface area contributed by atoms with Gasteiger partial charge in [0.05, 0.1) is 10.0 Å². The van der Waals surface area contributed by atoms with Gasteiger partial charge < -0.3 is 10.2 Å². The van der Waals surface area contributed by atoms with Crippen LogP contribution in [-0.4, -0.2) is 30.3 Å². The minimum atomic E-state index is -4.30. The first-order valence-electron chi connectivity index (χ1n) is 6.25. The van der Waals surface area contributed by atoms with Crippen molar-refractivity contribution in [2.75, 3.05) is 23.3 Å². The molecule has 0 aliphatic heterocycles. The lowest BCUT2D eigenvalue weighted by Gasteiger charge is -2.26. The molecule has 0 unspecified atom stereocenters. The Morgan fingerprint density at radius 3 is 2.50 bits per heavy atom. The normalized spacial score (nSPS) is 15.3. The highest BCUT2D eigenvalue weighted by Gasteiger charge is 2.39. The topological polar surface area (TPSA) is 28.2 Å². The number of pyridine rings is 1. The molecule has 3 nitrogen and oxygen atoms in total. The van der Waals surface area contributed by atoms with Crippen molar-refractivity contribution in [3.05, 3.63) is 16.1 Å². The van der Waals surface area contributed by atoms with Crippen LogP contribution in [-0.2, 0) is 0 Å². The third-order valence-electron chi connectivity index (χ3n) is 2.86. The zero-order valence-corrected chi connectivity index (χ0v) is 12.3. The van der Waals surface area contributed by atoms with Gasteiger partial charge in [0.25, 0.3) is 0 Å². The van der Waals surface area contributed by atoms with Gasteiger partial charge in [0.15, 0.2) is 5.82 Å². The van der Waals surface area contributed by atoms with Crippen LogP contribution in [0.4, 0.5) is 24.8 Å². The van der Waals surface area contributed by atoms with E-state index < -0.39 is 12.7 Å². The van der Waals surface area contributed by atoms with E-state index in [2.05, 4.69) is 10.3 Å². The lowest BCUT2D eigenvalue weighted by atomic mass is 10.3. The quantitative estimate of drug-likeness (QED) is 0.871. The van der Waals surface area contributed by atoms with E-state index in [4.69, 9.17) is 23.2 Å². The van der Waals surface area contributed by atoms with Gasteiger partial charge in [-0.15, -0.1) is 0 Å². The maximum atomic E-state index is 12.7. The van der Waals surface area contributed by atoms with Crippen LogP contribution in [0.3, 0.4) is 0 Å². The molecule has 20 heavy (non-hydrogen) atoms. The number of halogens is 5. The largest absolute Gasteiger partial charge is 0.405 e. The number of alkyl halides is 3. The van der Waals surface area contributed by atoms with Crippen LogP contribution in [0.15, 0.2) is 6.07 Å². The standard InChI is InChI=1S/C12H14Cl2F3N3/c1-2-18-10-8(13)5-9(14)11(19-10)20(7-3-4-7)6-12(15,16)17/h5,7H,2-4,6H2,1H3,(H,18,19). The number of nitrogens with one attached hydrogen (secondary N) is 1. The molecule has 0 aromatic carbocycles. The lowest BCUT2D eigenvalue weighted by molar-refractivity contribution is -0.120. The third kappa shape index (κ3) is 3.82. The summed E-state index contributed by atoms with van der Waals surface area (Å²) in [7, 11) is 0. The summed E-state index contributed by atoms with van der Waals surface area (Å²) in [4.78, 5) is 5.37. The van der Waals surface area contributed by atoms with Gasteiger partial charge in [-0.05, 0) is 25.8 Å². The molecule has 1 aromatic heterocycles. The molecule has 0 spiro atoms. The fraction of sp³-hybridized carbons (Fsp3) is 0.583. The molecule has 0 atom stereocenters. The molecule has 1 heterocycles. The van der Waals surface area contributed by atoms with Crippen molar-refractivity contribution in [1.29, 1.82) is 0 Å². The Morgan fingerprint density at radius 2 is 2.00 bits per heavy atom. The van der Waals surface area contributed by atoms with E-state index in [1.807, 2.05) is 6.92 Å². The van der Waals surface area contributed by atoms with Crippen molar-refractivity contribution in [2.24, 2.45) is 0 Å². The molecule has 0 amide bonds. The predicted octanol–water partition coefficient (Wildman–Crippen LogP) is 4.35. The Hall–Kier alpha value is -0.880. The predicted molar refractivity (Wildman–Crippen MR) is 74.8 cm³/mol. The van der Waals surface area contributed by atoms with E-state index in [9.17, 15) is 13.2 Å². The summed E-state index contributed by atoms with van der Waals surface area (Å²) in [6, 6.07) is 1.27. The van der Waals surface area contributed by atoms with E-state index in [0.29, 0.717) is 30.2 Å². The van der Waals surface area contributed by atoms with E-state index >= 15 is 0 Å². The Bertz CT molecular complexity index is 490. The highest BCUT2D eigenvalue weighted by molar-refractivity contribution is 6.37. The molecular formula is C12H14Cl2F3N3. The summed E-state index contributed by atoms with van der Waals surface area (Å²) in [6.45, 7) is 1.36. The Kier molecular flexibility index (Phi) is 4.54. The van der Waals surface area contributed by atoms with Crippen molar-refractivity contribution in [2.45, 2.75) is 32.0 Å². The summed E-state index contributed by atoms with van der Waals surface area (Å²) < 4.78 is 38.1. The molecule has 2 rings (SSSR count). The van der Waals surface area contributed by atoms with Crippen LogP contribution in [0.5, 0.6) is 0 Å². The Labute approximate surface area is 125 Å². The van der Waals surface area contributed by atoms with Crippen LogP contribution in [0.25, 0.3) is 0 Å². The molecule has 8 heteroatoms. The molecular weight excluding hydrogens is 314 g/mol. The summed E-state index contributed by atoms with van der Waals surface area (Å²) in [5.41, 5.74) is 0. The first-order valence-corrected chi connectivity index (χ1v) is 7.00. The maximum Gasteiger partial charge on any atom is 0.405 e. The van der Waals surface area contributed by atoms with Crippen molar-refractivity contribution in [3.8, 4) is 0 Å². The van der Waals surface area contributed by atoms with Gasteiger partial charge in [-0.3, -0.25) is 0 Å². The minimum absolute atomic E-state index is 0.131. The number of hydrogen-bond acceptors (Lipinski definition) is 3. The smallest absolute Gasteiger partial charge is 0.369 e. The fourth-order valence-electron chi connectivity index (χ4n) is 1.91. The Balaban J connectivity index is 2.34. The fourth-order valence-corrected chi connectivity index (χ4v) is 2.44. The van der Waals surface area contributed by atoms with Crippen molar-refractivity contribution < 1.29 is 13.2 Å². The molecule has 0 saturated heterocycles. The number of nitrogens with zero attached hydrogens (tertiary/aromatic N) is 2. The SMILES string of the molecule is CCNc1nc(N(CC(F)(F)F)C2CC2)c(Cl)cc1Cl. The van der Waals surface area contributed by atoms with E-state index in [-0.39, 0.29) is 16.9 Å². The molecule has 0 bridgehead atoms. The first-order chi connectivity index (χ1) is 9.31. The number of hydrogen-bond donors (Lipinski definition) is 1. The van der Waals surface area contributed by atoms with Gasteiger partial charge >= 0.3 is 6.18 Å². The van der Waals surface area contributed by atoms with Crippen molar-refractivity contribution >= 4 is 34.8 Å². The summed E-state index contributed by atoms with van der Waals surface area (Å²) in [5, 5.41) is 3.34. The van der Waals surface area contributed by atoms with Crippen LogP contribution >= 0.6 is 23.2 Å². The summed E-state index contributed by atoms with van der Waals surface area (Å²) in [6.07, 6.45) is -2.87. The van der Waals surface area contributed by atoms with Gasteiger partial charge in [0.1, 0.15) is 12.4 Å². The van der Waals surface area contributed by atoms with Crippen LogP contribution in [0, 0.1) is 0 Å². The lowest BCUT2D eigenvalue weighted by Crippen LogP contribution is -2.36. The zero-order valence-electron chi connectivity index (χ0n) is 10.8. The summed E-state index contributed by atoms with van der Waals surface area (Å²) in [5.74, 6) is 0.480. The number of rotatable bonds is 5. The van der Waals surface area contributed by atoms with E-state index in [0.717, 1.165) is 0 Å². The zero-order chi connectivity index (χ0) is 14.9. The molecule has 1 aliphatic carbocycles. The number of anilines is 2. The third-order valence-corrected chi connectivity index (χ3v) is 3.43. The molecule has 1 saturated carbocycles. The van der Waals surface area contributed by atoms with Crippen LogP contribution in [0.1, 0.15) is 19.8 Å². The monoisotopic (exact) mass is 327 g/mol. The molecule has 0 radical (unpaired) electrons. The molecule has 1 aromatic rings. The van der Waals surface area contributed by atoms with Crippen LogP contribution in [0.2, 0.25) is 10.0 Å². The second-order valence-electron chi connectivity index (χ2n) is 4.63. The molecule has 1 N–H and O–H groups in total. The maximum absolute atomic E-state index is 12.7. The average Bonchev–Trinajstić information content (AvgIpc) is 3.13. The van der Waals surface area contributed by atoms with Crippen molar-refractivity contribution in [1.82, 2.24) is 4.98 Å². The highest BCUT2D eigenvalue weighted by Crippen LogP contribution is 2.39. The molecule has 112 valence electrons. The van der Waals surface area contributed by atoms with Crippen LogP contribution < -0.4 is 10.2 Å². The second kappa shape index (κ2) is 5.85. The second-order valence-corrected chi connectivity index (χ2v) is 5.44. The van der Waals surface area contributed by atoms with Gasteiger partial charge in [-0.2, -0.15) is 13.2 Å². The summed E-state index contributed by atoms with van der Waals surface area (Å²) >= 11 is 12.0. The van der Waals surface area contributed by atoms with E-state index in [1.54, 1.807) is 0 Å². The van der Waals surface area contributed by atoms with E-state index in [1.165, 1.54) is 11.0 Å². The average molecular weight is 328 g/mol. The number of aromatic nitrogens is 1. The first kappa shape index (κ1) is 15.5. The Morgan fingerprint density at radius 1 is 1.35 bits per heavy atom. The highest BCUT2D eigenvalue weighted by atomic mass is 35.5. The van der Waals surface area contributed by atoms with Crippen molar-refractivity contribution in [3.63, 3.8) is 0 Å². The molecule has 1 fully saturated rings. The van der Waals surface area contributed by atoms with Gasteiger partial charge in [-0.25, -0.2) is 4.98 Å².